The zero-order chi connectivity index (χ0) is 7.56. The van der Waals surface area contributed by atoms with Gasteiger partial charge in [0.2, 0.25) is 0 Å². The molecule has 2 nitrogen and oxygen atoms in total. The second-order valence-electron chi connectivity index (χ2n) is 2.53. The monoisotopic (exact) mass is 136 g/mol. The highest BCUT2D eigenvalue weighted by Gasteiger charge is 1.97. The van der Waals surface area contributed by atoms with Gasteiger partial charge in [0.15, 0.2) is 0 Å². The van der Waals surface area contributed by atoms with Crippen molar-refractivity contribution < 1.29 is 0 Å². The van der Waals surface area contributed by atoms with E-state index in [1.165, 1.54) is 5.57 Å². The Kier molecular flexibility index (Phi) is 1.90. The normalized spacial score (nSPS) is 18.8. The molecule has 2 heteroatoms. The summed E-state index contributed by atoms with van der Waals surface area (Å²) in [6, 6.07) is 0. The van der Waals surface area contributed by atoms with E-state index in [4.69, 9.17) is 5.73 Å². The number of hydrogen-bond donors (Lipinski definition) is 1. The predicted octanol–water partition coefficient (Wildman–Crippen LogP) is 1.60. The van der Waals surface area contributed by atoms with Crippen molar-refractivity contribution in [3.05, 3.63) is 23.0 Å². The molecule has 0 spiro atoms. The number of allylic oxidation sites excluding steroid dienone is 4. The summed E-state index contributed by atoms with van der Waals surface area (Å²) in [6.07, 6.45) is 4.61. The molecule has 54 valence electrons. The molecule has 0 atom stereocenters. The zero-order valence-electron chi connectivity index (χ0n) is 6.39. The average molecular weight is 136 g/mol. The Bertz CT molecular complexity index is 221. The lowest BCUT2D eigenvalue weighted by molar-refractivity contribution is 1.12. The topological polar surface area (TPSA) is 38.4 Å². The summed E-state index contributed by atoms with van der Waals surface area (Å²) < 4.78 is 0. The smallest absolute Gasteiger partial charge is 0.0497 e. The second kappa shape index (κ2) is 2.69. The molecule has 2 N–H and O–H groups in total. The Labute approximate surface area is 61.1 Å². The van der Waals surface area contributed by atoms with Crippen LogP contribution in [0.15, 0.2) is 28.0 Å². The third-order valence-electron chi connectivity index (χ3n) is 1.67. The minimum absolute atomic E-state index is 0.760. The van der Waals surface area contributed by atoms with Crippen molar-refractivity contribution in [1.82, 2.24) is 0 Å². The molecule has 0 bridgehead atoms. The lowest BCUT2D eigenvalue weighted by atomic mass is 10.2. The Hall–Kier alpha value is -1.05. The molecular weight excluding hydrogens is 124 g/mol. The van der Waals surface area contributed by atoms with Crippen LogP contribution in [0.2, 0.25) is 0 Å². The van der Waals surface area contributed by atoms with Gasteiger partial charge in [-0.15, -0.1) is 0 Å². The first kappa shape index (κ1) is 7.06. The van der Waals surface area contributed by atoms with Gasteiger partial charge in [-0.25, -0.2) is 0 Å². The highest BCUT2D eigenvalue weighted by molar-refractivity contribution is 5.78. The van der Waals surface area contributed by atoms with Gasteiger partial charge in [-0.05, 0) is 25.8 Å². The standard InChI is InChI=1S/C8H12N2/c1-6-3-4-8(9)5-10-7(6)2/h4-5H,3,9H2,1-2H3. The van der Waals surface area contributed by atoms with Crippen molar-refractivity contribution in [2.24, 2.45) is 10.7 Å². The van der Waals surface area contributed by atoms with Crippen LogP contribution in [0.5, 0.6) is 0 Å². The van der Waals surface area contributed by atoms with Gasteiger partial charge in [0, 0.05) is 17.6 Å². The predicted molar refractivity (Wildman–Crippen MR) is 43.8 cm³/mol. The Morgan fingerprint density at radius 1 is 1.50 bits per heavy atom. The summed E-state index contributed by atoms with van der Waals surface area (Å²) in [4.78, 5) is 4.15. The molecule has 0 fully saturated rings. The van der Waals surface area contributed by atoms with Gasteiger partial charge < -0.3 is 5.73 Å². The summed E-state index contributed by atoms with van der Waals surface area (Å²) in [6.45, 7) is 4.07. The molecule has 0 aromatic carbocycles. The number of rotatable bonds is 0. The van der Waals surface area contributed by atoms with Crippen molar-refractivity contribution in [3.63, 3.8) is 0 Å². The van der Waals surface area contributed by atoms with Gasteiger partial charge in [-0.3, -0.25) is 4.99 Å². The molecule has 0 unspecified atom stereocenters. The van der Waals surface area contributed by atoms with Crippen LogP contribution in [0.3, 0.4) is 0 Å². The van der Waals surface area contributed by atoms with Gasteiger partial charge in [-0.1, -0.05) is 6.08 Å². The van der Waals surface area contributed by atoms with E-state index in [1.54, 1.807) is 6.21 Å². The van der Waals surface area contributed by atoms with Gasteiger partial charge >= 0.3 is 0 Å². The molecule has 1 aliphatic heterocycles. The molecular formula is C8H12N2. The molecule has 0 radical (unpaired) electrons. The number of nitrogens with zero attached hydrogens (tertiary/aromatic N) is 1. The van der Waals surface area contributed by atoms with E-state index < -0.39 is 0 Å². The summed E-state index contributed by atoms with van der Waals surface area (Å²) in [7, 11) is 0. The lowest BCUT2D eigenvalue weighted by Gasteiger charge is -1.94. The van der Waals surface area contributed by atoms with E-state index in [9.17, 15) is 0 Å². The first-order chi connectivity index (χ1) is 4.70. The van der Waals surface area contributed by atoms with Crippen LogP contribution >= 0.6 is 0 Å². The third kappa shape index (κ3) is 1.47. The van der Waals surface area contributed by atoms with Gasteiger partial charge in [0.05, 0.1) is 0 Å². The number of nitrogens with two attached hydrogens (primary N) is 1. The summed E-state index contributed by atoms with van der Waals surface area (Å²) >= 11 is 0. The molecule has 0 amide bonds. The molecule has 0 saturated heterocycles. The van der Waals surface area contributed by atoms with Crippen LogP contribution in [-0.2, 0) is 0 Å². The fourth-order valence-corrected chi connectivity index (χ4v) is 0.753. The van der Waals surface area contributed by atoms with Crippen LogP contribution in [0.1, 0.15) is 20.3 Å². The molecule has 0 aliphatic carbocycles. The van der Waals surface area contributed by atoms with Crippen molar-refractivity contribution in [1.29, 1.82) is 0 Å². The van der Waals surface area contributed by atoms with E-state index in [-0.39, 0.29) is 0 Å². The Balaban J connectivity index is 2.89. The quantitative estimate of drug-likeness (QED) is 0.539. The van der Waals surface area contributed by atoms with Gasteiger partial charge in [0.25, 0.3) is 0 Å². The van der Waals surface area contributed by atoms with E-state index in [2.05, 4.69) is 11.9 Å². The lowest BCUT2D eigenvalue weighted by Crippen LogP contribution is -1.96. The maximum Gasteiger partial charge on any atom is 0.0497 e. The Morgan fingerprint density at radius 3 is 2.90 bits per heavy atom. The molecule has 10 heavy (non-hydrogen) atoms. The van der Waals surface area contributed by atoms with Crippen molar-refractivity contribution in [2.75, 3.05) is 0 Å². The van der Waals surface area contributed by atoms with E-state index in [0.29, 0.717) is 0 Å². The second-order valence-corrected chi connectivity index (χ2v) is 2.53. The van der Waals surface area contributed by atoms with Crippen LogP contribution in [0.25, 0.3) is 0 Å². The van der Waals surface area contributed by atoms with Crippen LogP contribution in [0.4, 0.5) is 0 Å². The number of aliphatic imine (C=N–C) groups is 1. The molecule has 1 rings (SSSR count). The first-order valence-electron chi connectivity index (χ1n) is 3.36. The molecule has 0 aromatic rings. The molecule has 1 aliphatic rings. The van der Waals surface area contributed by atoms with Crippen LogP contribution < -0.4 is 5.73 Å². The van der Waals surface area contributed by atoms with Crippen LogP contribution in [0, 0.1) is 0 Å². The Morgan fingerprint density at radius 2 is 2.20 bits per heavy atom. The van der Waals surface area contributed by atoms with E-state index in [1.807, 2.05) is 13.0 Å². The highest BCUT2D eigenvalue weighted by atomic mass is 14.8. The molecule has 1 heterocycles. The van der Waals surface area contributed by atoms with E-state index >= 15 is 0 Å². The number of hydrogen-bond acceptors (Lipinski definition) is 2. The maximum absolute atomic E-state index is 5.54. The summed E-state index contributed by atoms with van der Waals surface area (Å²) in [5, 5.41) is 0. The first-order valence-corrected chi connectivity index (χ1v) is 3.36. The molecule has 0 saturated carbocycles. The van der Waals surface area contributed by atoms with Crippen molar-refractivity contribution >= 4 is 6.21 Å². The average Bonchev–Trinajstić information content (AvgIpc) is 2.04. The SMILES string of the molecule is CC1=C(C)N=CC(N)=CC1. The van der Waals surface area contributed by atoms with E-state index in [0.717, 1.165) is 17.8 Å². The minimum Gasteiger partial charge on any atom is -0.398 e. The summed E-state index contributed by atoms with van der Waals surface area (Å²) in [5.74, 6) is 0. The highest BCUT2D eigenvalue weighted by Crippen LogP contribution is 2.12. The fourth-order valence-electron chi connectivity index (χ4n) is 0.753. The largest absolute Gasteiger partial charge is 0.398 e. The van der Waals surface area contributed by atoms with Crippen molar-refractivity contribution in [2.45, 2.75) is 20.3 Å². The molecule has 0 aromatic heterocycles. The summed E-state index contributed by atoms with van der Waals surface area (Å²) in [5.41, 5.74) is 8.67. The zero-order valence-corrected chi connectivity index (χ0v) is 6.39. The van der Waals surface area contributed by atoms with Crippen LogP contribution in [-0.4, -0.2) is 6.21 Å². The van der Waals surface area contributed by atoms with Crippen molar-refractivity contribution in [3.8, 4) is 0 Å². The van der Waals surface area contributed by atoms with Gasteiger partial charge in [0.1, 0.15) is 0 Å². The maximum atomic E-state index is 5.54. The third-order valence-corrected chi connectivity index (χ3v) is 1.67. The minimum atomic E-state index is 0.760. The van der Waals surface area contributed by atoms with Gasteiger partial charge in [-0.2, -0.15) is 0 Å². The fraction of sp³-hybridized carbons (Fsp3) is 0.375.